The average Bonchev–Trinajstić information content (AvgIpc) is 3.48. The van der Waals surface area contributed by atoms with Crippen LogP contribution in [0.4, 0.5) is 5.69 Å². The summed E-state index contributed by atoms with van der Waals surface area (Å²) in [4.78, 5) is 36.9. The molecule has 200 valence electrons. The van der Waals surface area contributed by atoms with E-state index in [1.165, 1.54) is 0 Å². The monoisotopic (exact) mass is 529 g/mol. The van der Waals surface area contributed by atoms with Crippen LogP contribution in [0.3, 0.4) is 0 Å². The molecule has 2 aliphatic rings. The first-order chi connectivity index (χ1) is 18.0. The number of piperidine rings is 1. The molecule has 2 saturated heterocycles. The predicted octanol–water partition coefficient (Wildman–Crippen LogP) is 2.09. The number of oxime groups is 1. The number of carbonyl (C=O) groups excluding carboxylic acids is 2. The molecule has 0 saturated carbocycles. The smallest absolute Gasteiger partial charge is 0.261 e. The molecule has 0 bridgehead atoms. The van der Waals surface area contributed by atoms with E-state index in [0.717, 1.165) is 22.1 Å². The highest BCUT2D eigenvalue weighted by molar-refractivity contribution is 7.12. The molecule has 11 heteroatoms. The Morgan fingerprint density at radius 1 is 1.11 bits per heavy atom. The lowest BCUT2D eigenvalue weighted by Gasteiger charge is -2.43. The van der Waals surface area contributed by atoms with Crippen LogP contribution in [0.15, 0.2) is 40.9 Å². The molecular weight excluding hydrogens is 494 g/mol. The largest absolute Gasteiger partial charge is 0.497 e. The van der Waals surface area contributed by atoms with E-state index in [-0.39, 0.29) is 18.4 Å². The third-order valence-corrected chi connectivity index (χ3v) is 7.79. The van der Waals surface area contributed by atoms with E-state index in [4.69, 9.17) is 14.3 Å². The molecule has 4 rings (SSSR count). The molecule has 0 unspecified atom stereocenters. The minimum absolute atomic E-state index is 0.0398. The second kappa shape index (κ2) is 12.3. The Morgan fingerprint density at radius 3 is 2.51 bits per heavy atom. The van der Waals surface area contributed by atoms with Crippen molar-refractivity contribution in [2.75, 3.05) is 65.0 Å². The molecule has 2 N–H and O–H groups in total. The zero-order valence-electron chi connectivity index (χ0n) is 21.6. The molecule has 0 aliphatic carbocycles. The fourth-order valence-electron chi connectivity index (χ4n) is 4.77. The Balaban J connectivity index is 1.37. The number of anilines is 1. The molecule has 0 radical (unpaired) electrons. The van der Waals surface area contributed by atoms with Gasteiger partial charge in [0.15, 0.2) is 6.61 Å². The molecule has 3 heterocycles. The van der Waals surface area contributed by atoms with Gasteiger partial charge in [0.05, 0.1) is 30.5 Å². The van der Waals surface area contributed by atoms with Gasteiger partial charge in [0, 0.05) is 32.2 Å². The zero-order valence-corrected chi connectivity index (χ0v) is 22.4. The summed E-state index contributed by atoms with van der Waals surface area (Å²) in [5, 5.41) is 12.3. The molecular formula is C26H35N5O5S. The minimum atomic E-state index is -0.946. The predicted molar refractivity (Wildman–Crippen MR) is 144 cm³/mol. The number of amides is 2. The normalized spacial score (nSPS) is 17.8. The number of hydrogen-bond donors (Lipinski definition) is 2. The first kappa shape index (κ1) is 26.7. The molecule has 1 aromatic carbocycles. The summed E-state index contributed by atoms with van der Waals surface area (Å²) in [7, 11) is 3.26. The van der Waals surface area contributed by atoms with Crippen molar-refractivity contribution in [2.45, 2.75) is 25.3 Å². The van der Waals surface area contributed by atoms with Gasteiger partial charge >= 0.3 is 0 Å². The molecule has 2 aromatic rings. The van der Waals surface area contributed by atoms with Crippen molar-refractivity contribution in [3.63, 3.8) is 0 Å². The highest BCUT2D eigenvalue weighted by atomic mass is 32.1. The summed E-state index contributed by atoms with van der Waals surface area (Å²) in [6, 6.07) is 9.63. The maximum Gasteiger partial charge on any atom is 0.261 e. The van der Waals surface area contributed by atoms with Crippen molar-refractivity contribution in [3.8, 4) is 11.5 Å². The Morgan fingerprint density at radius 2 is 1.86 bits per heavy atom. The molecule has 0 atom stereocenters. The van der Waals surface area contributed by atoms with Crippen LogP contribution < -0.4 is 25.0 Å². The van der Waals surface area contributed by atoms with Crippen molar-refractivity contribution in [2.24, 2.45) is 5.16 Å². The fraction of sp³-hybridized carbons (Fsp3) is 0.500. The topological polar surface area (TPSA) is 105 Å². The zero-order chi connectivity index (χ0) is 26.3. The van der Waals surface area contributed by atoms with Crippen LogP contribution in [0, 0.1) is 0 Å². The Hall–Kier alpha value is -3.31. The lowest BCUT2D eigenvalue weighted by Crippen LogP contribution is -2.65. The van der Waals surface area contributed by atoms with Crippen molar-refractivity contribution in [3.05, 3.63) is 40.6 Å². The van der Waals surface area contributed by atoms with E-state index in [9.17, 15) is 9.59 Å². The Labute approximate surface area is 221 Å². The number of nitrogens with one attached hydrogen (secondary N) is 2. The molecule has 2 fully saturated rings. The number of benzene rings is 1. The van der Waals surface area contributed by atoms with Gasteiger partial charge in [-0.25, -0.2) is 0 Å². The van der Waals surface area contributed by atoms with Crippen LogP contribution in [0.1, 0.15) is 24.6 Å². The Bertz CT molecular complexity index is 1090. The highest BCUT2D eigenvalue weighted by Crippen LogP contribution is 2.33. The molecule has 2 aliphatic heterocycles. The van der Waals surface area contributed by atoms with Crippen molar-refractivity contribution in [1.82, 2.24) is 15.5 Å². The SMILES string of the molecule is COc1ccc(N2CCN(C(=O)C3(NC(=O)CO/N=C(/C)c4cccs4)CCNCC3)CC2)c(OC)c1. The summed E-state index contributed by atoms with van der Waals surface area (Å²) >= 11 is 1.56. The van der Waals surface area contributed by atoms with E-state index in [1.54, 1.807) is 25.6 Å². The number of carbonyl (C=O) groups is 2. The van der Waals surface area contributed by atoms with Gasteiger partial charge in [-0.15, -0.1) is 11.3 Å². The van der Waals surface area contributed by atoms with Crippen molar-refractivity contribution < 1.29 is 23.9 Å². The van der Waals surface area contributed by atoms with E-state index < -0.39 is 5.54 Å². The lowest BCUT2D eigenvalue weighted by molar-refractivity contribution is -0.144. The Kier molecular flexibility index (Phi) is 8.88. The number of hydrogen-bond acceptors (Lipinski definition) is 9. The molecule has 10 nitrogen and oxygen atoms in total. The molecule has 0 spiro atoms. The third kappa shape index (κ3) is 6.34. The van der Waals surface area contributed by atoms with Crippen molar-refractivity contribution in [1.29, 1.82) is 0 Å². The second-order valence-corrected chi connectivity index (χ2v) is 10.1. The van der Waals surface area contributed by atoms with Gasteiger partial charge in [0.25, 0.3) is 5.91 Å². The van der Waals surface area contributed by atoms with Gasteiger partial charge in [0.2, 0.25) is 5.91 Å². The van der Waals surface area contributed by atoms with Gasteiger partial charge < -0.3 is 34.7 Å². The highest BCUT2D eigenvalue weighted by Gasteiger charge is 2.44. The standard InChI is InChI=1S/C26H35N5O5S/c1-19(23-5-4-16-37-23)29-36-18-24(32)28-26(8-10-27-11-9-26)25(33)31-14-12-30(13-15-31)21-7-6-20(34-2)17-22(21)35-3/h4-7,16-17,27H,8-15,18H2,1-3H3,(H,28,32)/b29-19-. The average molecular weight is 530 g/mol. The first-order valence-corrected chi connectivity index (χ1v) is 13.3. The summed E-state index contributed by atoms with van der Waals surface area (Å²) in [6.07, 6.45) is 1.06. The lowest BCUT2D eigenvalue weighted by atomic mass is 9.86. The summed E-state index contributed by atoms with van der Waals surface area (Å²) < 4.78 is 10.9. The summed E-state index contributed by atoms with van der Waals surface area (Å²) in [6.45, 7) is 5.35. The van der Waals surface area contributed by atoms with Gasteiger partial charge in [-0.05, 0) is 56.4 Å². The fourth-order valence-corrected chi connectivity index (χ4v) is 5.43. The van der Waals surface area contributed by atoms with E-state index in [0.29, 0.717) is 57.8 Å². The number of nitrogens with zero attached hydrogens (tertiary/aromatic N) is 3. The van der Waals surface area contributed by atoms with Crippen LogP contribution in [-0.2, 0) is 14.4 Å². The number of rotatable bonds is 9. The van der Waals surface area contributed by atoms with E-state index in [2.05, 4.69) is 20.7 Å². The number of ether oxygens (including phenoxy) is 2. The van der Waals surface area contributed by atoms with Crippen LogP contribution in [0.5, 0.6) is 11.5 Å². The van der Waals surface area contributed by atoms with Crippen LogP contribution in [0.25, 0.3) is 0 Å². The van der Waals surface area contributed by atoms with Crippen LogP contribution >= 0.6 is 11.3 Å². The minimum Gasteiger partial charge on any atom is -0.497 e. The molecule has 1 aromatic heterocycles. The summed E-state index contributed by atoms with van der Waals surface area (Å²) in [5.41, 5.74) is 0.732. The van der Waals surface area contributed by atoms with Crippen LogP contribution in [-0.4, -0.2) is 88.1 Å². The number of methoxy groups -OCH3 is 2. The van der Waals surface area contributed by atoms with Gasteiger partial charge in [-0.3, -0.25) is 9.59 Å². The first-order valence-electron chi connectivity index (χ1n) is 12.4. The number of thiophene rings is 1. The summed E-state index contributed by atoms with van der Waals surface area (Å²) in [5.74, 6) is 1.08. The number of piperazine rings is 1. The molecule has 37 heavy (non-hydrogen) atoms. The quantitative estimate of drug-likeness (QED) is 0.379. The second-order valence-electron chi connectivity index (χ2n) is 9.12. The van der Waals surface area contributed by atoms with Crippen LogP contribution in [0.2, 0.25) is 0 Å². The maximum atomic E-state index is 13.8. The van der Waals surface area contributed by atoms with Gasteiger partial charge in [0.1, 0.15) is 17.0 Å². The van der Waals surface area contributed by atoms with Gasteiger partial charge in [-0.2, -0.15) is 0 Å². The maximum absolute atomic E-state index is 13.8. The third-order valence-electron chi connectivity index (χ3n) is 6.81. The molecule has 2 amide bonds. The van der Waals surface area contributed by atoms with Crippen molar-refractivity contribution >= 4 is 34.6 Å². The van der Waals surface area contributed by atoms with E-state index in [1.807, 2.05) is 47.5 Å². The van der Waals surface area contributed by atoms with E-state index >= 15 is 0 Å². The van der Waals surface area contributed by atoms with Gasteiger partial charge in [-0.1, -0.05) is 11.2 Å².